The highest BCUT2D eigenvalue weighted by atomic mass is 16.5. The normalized spacial score (nSPS) is 25.0. The molecule has 1 amide bonds. The predicted octanol–water partition coefficient (Wildman–Crippen LogP) is 3.61. The number of benzene rings is 1. The Hall–Kier alpha value is -1.68. The van der Waals surface area contributed by atoms with Gasteiger partial charge in [0, 0.05) is 0 Å². The van der Waals surface area contributed by atoms with Gasteiger partial charge in [-0.15, -0.1) is 0 Å². The lowest BCUT2D eigenvalue weighted by Gasteiger charge is -2.36. The van der Waals surface area contributed by atoms with Crippen molar-refractivity contribution in [1.29, 1.82) is 0 Å². The number of hydrogen-bond donors (Lipinski definition) is 1. The molecule has 1 fully saturated rings. The molecule has 1 N–H and O–H groups in total. The highest BCUT2D eigenvalue weighted by Gasteiger charge is 2.31. The Labute approximate surface area is 139 Å². The fraction of sp³-hybridized carbons (Fsp3) is 0.579. The molecule has 3 atom stereocenters. The molecule has 126 valence electrons. The molecule has 1 aliphatic carbocycles. The first-order valence-corrected chi connectivity index (χ1v) is 8.54. The van der Waals surface area contributed by atoms with Crippen LogP contribution in [0.1, 0.15) is 45.6 Å². The van der Waals surface area contributed by atoms with Crippen LogP contribution in [0.4, 0.5) is 0 Å². The zero-order valence-electron chi connectivity index (χ0n) is 14.4. The summed E-state index contributed by atoms with van der Waals surface area (Å²) in [5.74, 6) is 1.62. The summed E-state index contributed by atoms with van der Waals surface area (Å²) in [6.07, 6.45) is 5.32. The van der Waals surface area contributed by atoms with Gasteiger partial charge in [0.1, 0.15) is 6.61 Å². The van der Waals surface area contributed by atoms with Gasteiger partial charge in [-0.1, -0.05) is 57.5 Å². The van der Waals surface area contributed by atoms with E-state index in [0.717, 1.165) is 12.0 Å². The molecule has 0 aromatic heterocycles. The number of carbonyl (C=O) groups excluding carboxylic acids is 1. The van der Waals surface area contributed by atoms with Crippen LogP contribution < -0.4 is 5.43 Å². The molecule has 1 aliphatic rings. The highest BCUT2D eigenvalue weighted by molar-refractivity contribution is 5.82. The minimum Gasteiger partial charge on any atom is -0.368 e. The van der Waals surface area contributed by atoms with Crippen molar-refractivity contribution in [2.24, 2.45) is 22.9 Å². The fourth-order valence-electron chi connectivity index (χ4n) is 3.24. The number of hydrogen-bond acceptors (Lipinski definition) is 3. The zero-order chi connectivity index (χ0) is 16.7. The van der Waals surface area contributed by atoms with Crippen molar-refractivity contribution in [3.8, 4) is 0 Å². The van der Waals surface area contributed by atoms with Gasteiger partial charge in [-0.05, 0) is 36.2 Å². The molecule has 0 bridgehead atoms. The molecule has 23 heavy (non-hydrogen) atoms. The summed E-state index contributed by atoms with van der Waals surface area (Å²) in [7, 11) is 0. The molecule has 0 saturated heterocycles. The molecule has 4 nitrogen and oxygen atoms in total. The fourth-order valence-corrected chi connectivity index (χ4v) is 3.24. The van der Waals surface area contributed by atoms with Crippen LogP contribution in [0.2, 0.25) is 0 Å². The molecular weight excluding hydrogens is 288 g/mol. The van der Waals surface area contributed by atoms with Crippen molar-refractivity contribution in [2.45, 2.75) is 46.1 Å². The van der Waals surface area contributed by atoms with Crippen molar-refractivity contribution >= 4 is 12.1 Å². The van der Waals surface area contributed by atoms with E-state index in [2.05, 4.69) is 31.3 Å². The van der Waals surface area contributed by atoms with Gasteiger partial charge in [0.25, 0.3) is 5.91 Å². The third-order valence-corrected chi connectivity index (χ3v) is 4.59. The first kappa shape index (κ1) is 17.7. The first-order valence-electron chi connectivity index (χ1n) is 8.54. The van der Waals surface area contributed by atoms with Crippen LogP contribution in [0.25, 0.3) is 0 Å². The zero-order valence-corrected chi connectivity index (χ0v) is 14.4. The third kappa shape index (κ3) is 5.79. The number of amides is 1. The second-order valence-electron chi connectivity index (χ2n) is 6.88. The smallest absolute Gasteiger partial charge is 0.266 e. The quantitative estimate of drug-likeness (QED) is 0.644. The molecule has 1 saturated carbocycles. The number of nitrogens with one attached hydrogen (secondary N) is 1. The Kier molecular flexibility index (Phi) is 6.78. The van der Waals surface area contributed by atoms with Crippen molar-refractivity contribution in [3.05, 3.63) is 35.9 Å². The van der Waals surface area contributed by atoms with Crippen LogP contribution in [-0.4, -0.2) is 24.8 Å². The molecule has 0 spiro atoms. The summed E-state index contributed by atoms with van der Waals surface area (Å²) in [5.41, 5.74) is 3.48. The van der Waals surface area contributed by atoms with E-state index in [1.54, 1.807) is 6.21 Å². The first-order chi connectivity index (χ1) is 11.1. The van der Waals surface area contributed by atoms with E-state index >= 15 is 0 Å². The maximum atomic E-state index is 11.9. The lowest BCUT2D eigenvalue weighted by Crippen LogP contribution is -2.36. The molecule has 2 rings (SSSR count). The summed E-state index contributed by atoms with van der Waals surface area (Å²) in [5, 5.41) is 3.97. The van der Waals surface area contributed by atoms with Gasteiger partial charge in [-0.2, -0.15) is 5.10 Å². The van der Waals surface area contributed by atoms with E-state index in [9.17, 15) is 4.79 Å². The number of hydrazone groups is 1. The summed E-state index contributed by atoms with van der Waals surface area (Å²) < 4.78 is 5.91. The van der Waals surface area contributed by atoms with Crippen LogP contribution in [0.15, 0.2) is 35.4 Å². The van der Waals surface area contributed by atoms with Gasteiger partial charge in [-0.25, -0.2) is 5.43 Å². The molecule has 1 aromatic rings. The van der Waals surface area contributed by atoms with Crippen molar-refractivity contribution in [3.63, 3.8) is 0 Å². The lowest BCUT2D eigenvalue weighted by molar-refractivity contribution is -0.131. The van der Waals surface area contributed by atoms with Gasteiger partial charge in [0.15, 0.2) is 0 Å². The van der Waals surface area contributed by atoms with Crippen LogP contribution in [0, 0.1) is 17.8 Å². The molecule has 3 unspecified atom stereocenters. The highest BCUT2D eigenvalue weighted by Crippen LogP contribution is 2.35. The summed E-state index contributed by atoms with van der Waals surface area (Å²) >= 11 is 0. The number of ether oxygens (including phenoxy) is 1. The number of carbonyl (C=O) groups is 1. The Morgan fingerprint density at radius 1 is 1.35 bits per heavy atom. The molecule has 4 heteroatoms. The second-order valence-corrected chi connectivity index (χ2v) is 6.88. The Balaban J connectivity index is 1.77. The molecule has 0 aliphatic heterocycles. The summed E-state index contributed by atoms with van der Waals surface area (Å²) in [4.78, 5) is 11.9. The minimum atomic E-state index is -0.196. The molecule has 0 radical (unpaired) electrons. The standard InChI is InChI=1S/C19H28N2O2/c1-14(2)17-10-9-15(3)11-18(17)23-13-19(22)21-20-12-16-7-5-4-6-8-16/h4-8,12,14-15,17-18H,9-11,13H2,1-3H3,(H,21,22). The van der Waals surface area contributed by atoms with Crippen LogP contribution in [0.5, 0.6) is 0 Å². The predicted molar refractivity (Wildman–Crippen MR) is 93.3 cm³/mol. The Bertz CT molecular complexity index is 513. The van der Waals surface area contributed by atoms with Crippen LogP contribution >= 0.6 is 0 Å². The van der Waals surface area contributed by atoms with Crippen molar-refractivity contribution in [1.82, 2.24) is 5.43 Å². The average molecular weight is 316 g/mol. The van der Waals surface area contributed by atoms with E-state index in [-0.39, 0.29) is 18.6 Å². The molecular formula is C19H28N2O2. The lowest BCUT2D eigenvalue weighted by atomic mass is 9.75. The third-order valence-electron chi connectivity index (χ3n) is 4.59. The summed E-state index contributed by atoms with van der Waals surface area (Å²) in [6, 6.07) is 9.68. The maximum absolute atomic E-state index is 11.9. The van der Waals surface area contributed by atoms with Gasteiger partial charge >= 0.3 is 0 Å². The largest absolute Gasteiger partial charge is 0.368 e. The average Bonchev–Trinajstić information content (AvgIpc) is 2.53. The SMILES string of the molecule is CC1CCC(C(C)C)C(OCC(=O)NN=Cc2ccccc2)C1. The number of nitrogens with zero attached hydrogens (tertiary/aromatic N) is 1. The van der Waals surface area contributed by atoms with Crippen molar-refractivity contribution < 1.29 is 9.53 Å². The van der Waals surface area contributed by atoms with E-state index in [1.165, 1.54) is 12.8 Å². The van der Waals surface area contributed by atoms with Gasteiger partial charge in [-0.3, -0.25) is 4.79 Å². The second kappa shape index (κ2) is 8.82. The summed E-state index contributed by atoms with van der Waals surface area (Å²) in [6.45, 7) is 6.81. The monoisotopic (exact) mass is 316 g/mol. The Morgan fingerprint density at radius 3 is 2.78 bits per heavy atom. The van der Waals surface area contributed by atoms with Crippen LogP contribution in [0.3, 0.4) is 0 Å². The van der Waals surface area contributed by atoms with E-state index < -0.39 is 0 Å². The maximum Gasteiger partial charge on any atom is 0.266 e. The Morgan fingerprint density at radius 2 is 2.09 bits per heavy atom. The molecule has 0 heterocycles. The van der Waals surface area contributed by atoms with Crippen LogP contribution in [-0.2, 0) is 9.53 Å². The van der Waals surface area contributed by atoms with E-state index in [0.29, 0.717) is 17.8 Å². The van der Waals surface area contributed by atoms with E-state index in [1.807, 2.05) is 30.3 Å². The van der Waals surface area contributed by atoms with Gasteiger partial charge < -0.3 is 4.74 Å². The minimum absolute atomic E-state index is 0.0761. The van der Waals surface area contributed by atoms with Gasteiger partial charge in [0.05, 0.1) is 12.3 Å². The van der Waals surface area contributed by atoms with Gasteiger partial charge in [0.2, 0.25) is 0 Å². The topological polar surface area (TPSA) is 50.7 Å². The molecule has 1 aromatic carbocycles. The van der Waals surface area contributed by atoms with Crippen molar-refractivity contribution in [2.75, 3.05) is 6.61 Å². The van der Waals surface area contributed by atoms with E-state index in [4.69, 9.17) is 4.74 Å². The number of rotatable bonds is 6.